The van der Waals surface area contributed by atoms with E-state index in [1.54, 1.807) is 0 Å². The Morgan fingerprint density at radius 1 is 1.06 bits per heavy atom. The van der Waals surface area contributed by atoms with E-state index in [-0.39, 0.29) is 17.8 Å². The highest BCUT2D eigenvalue weighted by Gasteiger charge is 2.61. The van der Waals surface area contributed by atoms with Gasteiger partial charge < -0.3 is 24.1 Å². The Labute approximate surface area is 107 Å². The van der Waals surface area contributed by atoms with Crippen molar-refractivity contribution in [2.45, 2.75) is 76.0 Å². The molecule has 0 unspecified atom stereocenters. The molecule has 0 saturated carbocycles. The minimum absolute atomic E-state index is 0.215. The van der Waals surface area contributed by atoms with Crippen molar-refractivity contribution >= 4 is 0 Å². The predicted molar refractivity (Wildman–Crippen MR) is 62.9 cm³/mol. The fourth-order valence-electron chi connectivity index (χ4n) is 3.17. The fourth-order valence-corrected chi connectivity index (χ4v) is 3.17. The maximum atomic E-state index is 10.5. The zero-order chi connectivity index (χ0) is 13.2. The van der Waals surface area contributed by atoms with Crippen LogP contribution in [0.3, 0.4) is 0 Å². The van der Waals surface area contributed by atoms with Gasteiger partial charge in [0.05, 0.1) is 12.2 Å². The molecule has 1 spiro atoms. The third-order valence-electron chi connectivity index (χ3n) is 4.00. The number of hydrogen-bond donors (Lipinski definition) is 1. The standard InChI is InChI=1S/C13H22O5/c1-11(2)5-6-13(18-11)10(14)9-8(7-15-13)16-12(3,4)17-9/h8-10,14H,5-7H2,1-4H3/t8-,9-,10+,13+/m0/s1. The van der Waals surface area contributed by atoms with Crippen molar-refractivity contribution < 1.29 is 24.1 Å². The maximum absolute atomic E-state index is 10.5. The van der Waals surface area contributed by atoms with E-state index in [0.717, 1.165) is 6.42 Å². The van der Waals surface area contributed by atoms with Crippen LogP contribution in [0.1, 0.15) is 40.5 Å². The lowest BCUT2D eigenvalue weighted by Crippen LogP contribution is -2.60. The Kier molecular flexibility index (Phi) is 2.61. The molecule has 3 aliphatic heterocycles. The second-order valence-electron chi connectivity index (χ2n) is 6.57. The third-order valence-corrected chi connectivity index (χ3v) is 4.00. The van der Waals surface area contributed by atoms with Crippen molar-refractivity contribution in [3.8, 4) is 0 Å². The summed E-state index contributed by atoms with van der Waals surface area (Å²) in [4.78, 5) is 0. The molecule has 0 aromatic carbocycles. The van der Waals surface area contributed by atoms with Gasteiger partial charge in [-0.05, 0) is 34.1 Å². The van der Waals surface area contributed by atoms with Crippen molar-refractivity contribution in [2.24, 2.45) is 0 Å². The van der Waals surface area contributed by atoms with E-state index in [4.69, 9.17) is 18.9 Å². The monoisotopic (exact) mass is 258 g/mol. The molecule has 0 aliphatic carbocycles. The van der Waals surface area contributed by atoms with Crippen LogP contribution in [-0.4, -0.2) is 47.2 Å². The highest BCUT2D eigenvalue weighted by Crippen LogP contribution is 2.47. The number of rotatable bonds is 0. The quantitative estimate of drug-likeness (QED) is 0.707. The SMILES string of the molecule is CC1(C)CC[C@@]2(OC[C@@H]3OC(C)(C)O[C@@H]3[C@H]2O)O1. The van der Waals surface area contributed by atoms with Crippen LogP contribution < -0.4 is 0 Å². The molecule has 0 amide bonds. The fraction of sp³-hybridized carbons (Fsp3) is 1.00. The lowest BCUT2D eigenvalue weighted by atomic mass is 9.94. The first-order valence-electron chi connectivity index (χ1n) is 6.61. The van der Waals surface area contributed by atoms with Crippen LogP contribution in [0.25, 0.3) is 0 Å². The molecule has 5 nitrogen and oxygen atoms in total. The summed E-state index contributed by atoms with van der Waals surface area (Å²) in [6.45, 7) is 8.13. The summed E-state index contributed by atoms with van der Waals surface area (Å²) in [7, 11) is 0. The second kappa shape index (κ2) is 3.67. The Hall–Kier alpha value is -0.200. The van der Waals surface area contributed by atoms with Crippen LogP contribution in [0.15, 0.2) is 0 Å². The molecule has 3 saturated heterocycles. The van der Waals surface area contributed by atoms with Gasteiger partial charge >= 0.3 is 0 Å². The predicted octanol–water partition coefficient (Wildman–Crippen LogP) is 1.18. The van der Waals surface area contributed by atoms with Gasteiger partial charge in [0, 0.05) is 6.42 Å². The van der Waals surface area contributed by atoms with Crippen molar-refractivity contribution in [3.05, 3.63) is 0 Å². The van der Waals surface area contributed by atoms with Crippen LogP contribution in [0, 0.1) is 0 Å². The Bertz CT molecular complexity index is 351. The maximum Gasteiger partial charge on any atom is 0.197 e. The highest BCUT2D eigenvalue weighted by molar-refractivity contribution is 5.02. The number of aliphatic hydroxyl groups excluding tert-OH is 1. The van der Waals surface area contributed by atoms with Gasteiger partial charge in [-0.1, -0.05) is 0 Å². The smallest absolute Gasteiger partial charge is 0.197 e. The van der Waals surface area contributed by atoms with Crippen molar-refractivity contribution in [2.75, 3.05) is 6.61 Å². The molecule has 3 fully saturated rings. The lowest BCUT2D eigenvalue weighted by Gasteiger charge is -2.43. The minimum atomic E-state index is -0.922. The molecule has 3 heterocycles. The van der Waals surface area contributed by atoms with Crippen LogP contribution in [0.5, 0.6) is 0 Å². The summed E-state index contributed by atoms with van der Waals surface area (Å²) in [5, 5.41) is 10.5. The van der Waals surface area contributed by atoms with E-state index in [0.29, 0.717) is 13.0 Å². The average Bonchev–Trinajstić information content (AvgIpc) is 2.71. The van der Waals surface area contributed by atoms with Gasteiger partial charge in [-0.15, -0.1) is 0 Å². The Balaban J connectivity index is 1.82. The van der Waals surface area contributed by atoms with E-state index >= 15 is 0 Å². The molecule has 0 radical (unpaired) electrons. The second-order valence-corrected chi connectivity index (χ2v) is 6.57. The van der Waals surface area contributed by atoms with Crippen LogP contribution >= 0.6 is 0 Å². The van der Waals surface area contributed by atoms with Gasteiger partial charge in [-0.25, -0.2) is 0 Å². The number of hydrogen-bond acceptors (Lipinski definition) is 5. The van der Waals surface area contributed by atoms with Gasteiger partial charge in [0.1, 0.15) is 18.3 Å². The van der Waals surface area contributed by atoms with E-state index in [1.807, 2.05) is 27.7 Å². The topological polar surface area (TPSA) is 57.2 Å². The molecule has 0 aromatic heterocycles. The van der Waals surface area contributed by atoms with E-state index < -0.39 is 17.7 Å². The van der Waals surface area contributed by atoms with Crippen LogP contribution in [0.2, 0.25) is 0 Å². The van der Waals surface area contributed by atoms with Gasteiger partial charge in [-0.2, -0.15) is 0 Å². The summed E-state index contributed by atoms with van der Waals surface area (Å²) in [5.41, 5.74) is -0.261. The molecule has 3 aliphatic rings. The molecule has 0 aromatic rings. The van der Waals surface area contributed by atoms with Crippen molar-refractivity contribution in [1.82, 2.24) is 0 Å². The van der Waals surface area contributed by atoms with E-state index in [2.05, 4.69) is 0 Å². The zero-order valence-electron chi connectivity index (χ0n) is 11.4. The van der Waals surface area contributed by atoms with Crippen molar-refractivity contribution in [3.63, 3.8) is 0 Å². The molecule has 3 rings (SSSR count). The van der Waals surface area contributed by atoms with Crippen molar-refractivity contribution in [1.29, 1.82) is 0 Å². The molecule has 1 N–H and O–H groups in total. The normalized spacial score (nSPS) is 49.5. The summed E-state index contributed by atoms with van der Waals surface area (Å²) in [6, 6.07) is 0. The summed E-state index contributed by atoms with van der Waals surface area (Å²) < 4.78 is 23.3. The summed E-state index contributed by atoms with van der Waals surface area (Å²) >= 11 is 0. The first-order valence-corrected chi connectivity index (χ1v) is 6.61. The minimum Gasteiger partial charge on any atom is -0.385 e. The van der Waals surface area contributed by atoms with Crippen LogP contribution in [0.4, 0.5) is 0 Å². The zero-order valence-corrected chi connectivity index (χ0v) is 11.4. The molecule has 5 heteroatoms. The first-order chi connectivity index (χ1) is 8.23. The average molecular weight is 258 g/mol. The molecular formula is C13H22O5. The number of aliphatic hydroxyl groups is 1. The summed E-state index contributed by atoms with van der Waals surface area (Å²) in [6.07, 6.45) is 0.162. The van der Waals surface area contributed by atoms with Gasteiger partial charge in [0.25, 0.3) is 0 Å². The Morgan fingerprint density at radius 3 is 2.39 bits per heavy atom. The lowest BCUT2D eigenvalue weighted by molar-refractivity contribution is -0.328. The Morgan fingerprint density at radius 2 is 1.78 bits per heavy atom. The first kappa shape index (κ1) is 12.8. The number of ether oxygens (including phenoxy) is 4. The molecule has 18 heavy (non-hydrogen) atoms. The summed E-state index contributed by atoms with van der Waals surface area (Å²) in [5.74, 6) is -1.59. The molecular weight excluding hydrogens is 236 g/mol. The van der Waals surface area contributed by atoms with Gasteiger partial charge in [0.15, 0.2) is 11.6 Å². The van der Waals surface area contributed by atoms with E-state index in [9.17, 15) is 5.11 Å². The van der Waals surface area contributed by atoms with Gasteiger partial charge in [0.2, 0.25) is 0 Å². The van der Waals surface area contributed by atoms with Gasteiger partial charge in [-0.3, -0.25) is 0 Å². The number of fused-ring (bicyclic) bond motifs is 1. The van der Waals surface area contributed by atoms with E-state index in [1.165, 1.54) is 0 Å². The molecule has 4 atom stereocenters. The highest BCUT2D eigenvalue weighted by atomic mass is 16.8. The van der Waals surface area contributed by atoms with Crippen LogP contribution in [-0.2, 0) is 18.9 Å². The largest absolute Gasteiger partial charge is 0.385 e. The molecule has 104 valence electrons. The third kappa shape index (κ3) is 1.89. The molecule has 0 bridgehead atoms.